The summed E-state index contributed by atoms with van der Waals surface area (Å²) in [5, 5.41) is 3.82. The third-order valence-corrected chi connectivity index (χ3v) is 4.28. The smallest absolute Gasteiger partial charge is 0.257 e. The topological polar surface area (TPSA) is 45.2 Å². The number of hydrogen-bond acceptors (Lipinski definition) is 4. The van der Waals surface area contributed by atoms with Crippen LogP contribution in [0, 0.1) is 0 Å². The van der Waals surface area contributed by atoms with E-state index in [1.807, 2.05) is 22.7 Å². The van der Waals surface area contributed by atoms with Crippen molar-refractivity contribution in [3.05, 3.63) is 24.0 Å². The Balaban J connectivity index is 2.13. The fourth-order valence-corrected chi connectivity index (χ4v) is 3.17. The van der Waals surface area contributed by atoms with Gasteiger partial charge in [-0.15, -0.1) is 0 Å². The summed E-state index contributed by atoms with van der Waals surface area (Å²) in [4.78, 5) is 18.6. The van der Waals surface area contributed by atoms with Gasteiger partial charge in [0.05, 0.1) is 11.3 Å². The third kappa shape index (κ3) is 3.62. The maximum absolute atomic E-state index is 12.6. The van der Waals surface area contributed by atoms with E-state index >= 15 is 0 Å². The Morgan fingerprint density at radius 2 is 2.47 bits per heavy atom. The van der Waals surface area contributed by atoms with E-state index in [2.05, 4.69) is 24.1 Å². The molecule has 2 rings (SSSR count). The van der Waals surface area contributed by atoms with Gasteiger partial charge in [0.1, 0.15) is 0 Å². The molecule has 5 heteroatoms. The van der Waals surface area contributed by atoms with Crippen LogP contribution in [0.15, 0.2) is 18.5 Å². The Bertz CT molecular complexity index is 438. The Morgan fingerprint density at radius 3 is 3.21 bits per heavy atom. The van der Waals surface area contributed by atoms with Crippen molar-refractivity contribution in [2.75, 3.05) is 30.7 Å². The molecule has 4 nitrogen and oxygen atoms in total. The molecule has 0 aromatic carbocycles. The number of carbonyl (C=O) groups excluding carboxylic acids is 1. The molecule has 1 aromatic heterocycles. The summed E-state index contributed by atoms with van der Waals surface area (Å²) in [6, 6.07) is 1.88. The zero-order chi connectivity index (χ0) is 13.7. The number of thioether (sulfide) groups is 1. The Hall–Kier alpha value is -1.23. The number of anilines is 1. The number of carbonyl (C=O) groups is 1. The lowest BCUT2D eigenvalue weighted by molar-refractivity contribution is 0.0763. The Kier molecular flexibility index (Phi) is 5.07. The molecule has 19 heavy (non-hydrogen) atoms. The molecule has 1 amide bonds. The molecule has 1 N–H and O–H groups in total. The third-order valence-electron chi connectivity index (χ3n) is 3.15. The van der Waals surface area contributed by atoms with Crippen molar-refractivity contribution >= 4 is 23.4 Å². The van der Waals surface area contributed by atoms with Gasteiger partial charge in [0.25, 0.3) is 5.91 Å². The molecule has 1 atom stereocenters. The summed E-state index contributed by atoms with van der Waals surface area (Å²) >= 11 is 1.93. The molecular formula is C14H21N3OS. The van der Waals surface area contributed by atoms with E-state index in [-0.39, 0.29) is 5.91 Å². The van der Waals surface area contributed by atoms with Gasteiger partial charge in [-0.1, -0.05) is 13.8 Å². The summed E-state index contributed by atoms with van der Waals surface area (Å²) in [7, 11) is 0. The number of aromatic nitrogens is 1. The molecule has 1 fully saturated rings. The average Bonchev–Trinajstić information content (AvgIpc) is 2.44. The number of rotatable bonds is 4. The number of amides is 1. The van der Waals surface area contributed by atoms with Gasteiger partial charge < -0.3 is 10.2 Å². The highest BCUT2D eigenvalue weighted by molar-refractivity contribution is 7.99. The molecule has 2 heterocycles. The van der Waals surface area contributed by atoms with Crippen LogP contribution in [0.25, 0.3) is 0 Å². The molecule has 1 aromatic rings. The van der Waals surface area contributed by atoms with Crippen LogP contribution in [-0.2, 0) is 0 Å². The minimum Gasteiger partial charge on any atom is -0.384 e. The SMILES string of the molecule is CCCNc1ccncc1C(=O)N1CCSC(C)C1. The fourth-order valence-electron chi connectivity index (χ4n) is 2.15. The quantitative estimate of drug-likeness (QED) is 0.919. The first-order valence-electron chi connectivity index (χ1n) is 6.81. The lowest BCUT2D eigenvalue weighted by atomic mass is 10.2. The number of hydrogen-bond donors (Lipinski definition) is 1. The van der Waals surface area contributed by atoms with Crippen LogP contribution >= 0.6 is 11.8 Å². The van der Waals surface area contributed by atoms with Gasteiger partial charge in [0.2, 0.25) is 0 Å². The van der Waals surface area contributed by atoms with Crippen molar-refractivity contribution in [1.82, 2.24) is 9.88 Å². The van der Waals surface area contributed by atoms with Gasteiger partial charge in [-0.05, 0) is 12.5 Å². The average molecular weight is 279 g/mol. The van der Waals surface area contributed by atoms with Crippen LogP contribution in [0.2, 0.25) is 0 Å². The number of pyridine rings is 1. The van der Waals surface area contributed by atoms with Crippen molar-refractivity contribution in [2.45, 2.75) is 25.5 Å². The molecule has 0 spiro atoms. The van der Waals surface area contributed by atoms with Crippen LogP contribution in [0.5, 0.6) is 0 Å². The van der Waals surface area contributed by atoms with Crippen LogP contribution in [0.1, 0.15) is 30.6 Å². The lowest BCUT2D eigenvalue weighted by Crippen LogP contribution is -2.41. The largest absolute Gasteiger partial charge is 0.384 e. The second-order valence-electron chi connectivity index (χ2n) is 4.78. The van der Waals surface area contributed by atoms with Crippen molar-refractivity contribution in [1.29, 1.82) is 0 Å². The van der Waals surface area contributed by atoms with Crippen LogP contribution < -0.4 is 5.32 Å². The fraction of sp³-hybridized carbons (Fsp3) is 0.571. The van der Waals surface area contributed by atoms with Gasteiger partial charge in [0, 0.05) is 43.0 Å². The van der Waals surface area contributed by atoms with Crippen molar-refractivity contribution in [3.8, 4) is 0 Å². The molecule has 0 radical (unpaired) electrons. The van der Waals surface area contributed by atoms with E-state index in [4.69, 9.17) is 0 Å². The summed E-state index contributed by atoms with van der Waals surface area (Å²) in [6.45, 7) is 6.81. The van der Waals surface area contributed by atoms with Crippen molar-refractivity contribution in [2.24, 2.45) is 0 Å². The summed E-state index contributed by atoms with van der Waals surface area (Å²) in [6.07, 6.45) is 4.43. The zero-order valence-corrected chi connectivity index (χ0v) is 12.4. The molecule has 1 saturated heterocycles. The second-order valence-corrected chi connectivity index (χ2v) is 6.33. The van der Waals surface area contributed by atoms with E-state index in [9.17, 15) is 4.79 Å². The van der Waals surface area contributed by atoms with Gasteiger partial charge in [-0.25, -0.2) is 0 Å². The standard InChI is InChI=1S/C14H21N3OS/c1-3-5-16-13-4-6-15-9-12(13)14(18)17-7-8-19-11(2)10-17/h4,6,9,11H,3,5,7-8,10H2,1-2H3,(H,15,16). The van der Waals surface area contributed by atoms with Crippen LogP contribution in [0.4, 0.5) is 5.69 Å². The van der Waals surface area contributed by atoms with Crippen LogP contribution in [-0.4, -0.2) is 46.4 Å². The molecule has 0 saturated carbocycles. The Morgan fingerprint density at radius 1 is 1.63 bits per heavy atom. The van der Waals surface area contributed by atoms with E-state index in [0.29, 0.717) is 10.8 Å². The highest BCUT2D eigenvalue weighted by Crippen LogP contribution is 2.22. The van der Waals surface area contributed by atoms with Crippen molar-refractivity contribution in [3.63, 3.8) is 0 Å². The molecule has 0 bridgehead atoms. The normalized spacial score (nSPS) is 19.3. The summed E-state index contributed by atoms with van der Waals surface area (Å²) < 4.78 is 0. The first-order chi connectivity index (χ1) is 9.22. The van der Waals surface area contributed by atoms with E-state index in [1.165, 1.54) is 0 Å². The molecule has 1 unspecified atom stereocenters. The molecule has 1 aliphatic rings. The predicted molar refractivity (Wildman–Crippen MR) is 80.8 cm³/mol. The number of nitrogens with one attached hydrogen (secondary N) is 1. The first kappa shape index (κ1) is 14.2. The summed E-state index contributed by atoms with van der Waals surface area (Å²) in [5.74, 6) is 1.11. The van der Waals surface area contributed by atoms with Gasteiger partial charge in [0.15, 0.2) is 0 Å². The summed E-state index contributed by atoms with van der Waals surface area (Å²) in [5.41, 5.74) is 1.59. The zero-order valence-electron chi connectivity index (χ0n) is 11.6. The maximum atomic E-state index is 12.6. The monoisotopic (exact) mass is 279 g/mol. The maximum Gasteiger partial charge on any atom is 0.257 e. The number of nitrogens with zero attached hydrogens (tertiary/aromatic N) is 2. The van der Waals surface area contributed by atoms with E-state index in [1.54, 1.807) is 12.4 Å². The van der Waals surface area contributed by atoms with E-state index < -0.39 is 0 Å². The molecular weight excluding hydrogens is 258 g/mol. The highest BCUT2D eigenvalue weighted by atomic mass is 32.2. The van der Waals surface area contributed by atoms with Crippen molar-refractivity contribution < 1.29 is 4.79 Å². The second kappa shape index (κ2) is 6.80. The van der Waals surface area contributed by atoms with Crippen LogP contribution in [0.3, 0.4) is 0 Å². The van der Waals surface area contributed by atoms with Gasteiger partial charge in [-0.2, -0.15) is 11.8 Å². The predicted octanol–water partition coefficient (Wildman–Crippen LogP) is 2.48. The first-order valence-corrected chi connectivity index (χ1v) is 7.86. The lowest BCUT2D eigenvalue weighted by Gasteiger charge is -2.31. The Labute approximate surface area is 119 Å². The minimum absolute atomic E-state index is 0.0962. The molecule has 0 aliphatic carbocycles. The van der Waals surface area contributed by atoms with Gasteiger partial charge >= 0.3 is 0 Å². The minimum atomic E-state index is 0.0962. The highest BCUT2D eigenvalue weighted by Gasteiger charge is 2.24. The van der Waals surface area contributed by atoms with E-state index in [0.717, 1.165) is 37.5 Å². The molecule has 104 valence electrons. The molecule has 1 aliphatic heterocycles. The van der Waals surface area contributed by atoms with Gasteiger partial charge in [-0.3, -0.25) is 9.78 Å².